The van der Waals surface area contributed by atoms with Gasteiger partial charge in [0, 0.05) is 28.9 Å². The average molecular weight is 379 g/mol. The van der Waals surface area contributed by atoms with Crippen LogP contribution in [0, 0.1) is 0 Å². The van der Waals surface area contributed by atoms with Crippen LogP contribution >= 0.6 is 11.3 Å². The van der Waals surface area contributed by atoms with Crippen molar-refractivity contribution in [2.45, 2.75) is 13.8 Å². The number of ether oxygens (including phenoxy) is 1. The number of hydrogen-bond donors (Lipinski definition) is 0. The SMILES string of the molecule is C=C(C)CN=c1scc(-c2ccccc2OC)n1N=C(C)c1cccnc1. The van der Waals surface area contributed by atoms with Crippen molar-refractivity contribution >= 4 is 17.0 Å². The molecular weight excluding hydrogens is 356 g/mol. The highest BCUT2D eigenvalue weighted by Crippen LogP contribution is 2.30. The molecule has 0 aliphatic carbocycles. The van der Waals surface area contributed by atoms with Crippen LogP contribution in [0.2, 0.25) is 0 Å². The first-order valence-corrected chi connectivity index (χ1v) is 9.43. The van der Waals surface area contributed by atoms with Gasteiger partial charge in [0.05, 0.1) is 25.1 Å². The zero-order chi connectivity index (χ0) is 19.2. The molecule has 0 atom stereocenters. The average Bonchev–Trinajstić information content (AvgIpc) is 3.09. The Morgan fingerprint density at radius 1 is 1.22 bits per heavy atom. The summed E-state index contributed by atoms with van der Waals surface area (Å²) in [6.07, 6.45) is 3.56. The Bertz CT molecular complexity index is 1030. The number of pyridine rings is 1. The molecule has 0 spiro atoms. The molecule has 138 valence electrons. The fraction of sp³-hybridized carbons (Fsp3) is 0.190. The molecule has 27 heavy (non-hydrogen) atoms. The lowest BCUT2D eigenvalue weighted by Gasteiger charge is -2.10. The standard InChI is InChI=1S/C21H22N4OS/c1-15(2)12-23-21-25(24-16(3)17-8-7-11-22-13-17)19(14-27-21)18-9-5-6-10-20(18)26-4/h5-11,13-14H,1,12H2,2-4H3. The van der Waals surface area contributed by atoms with Gasteiger partial charge in [0.1, 0.15) is 5.75 Å². The molecule has 3 rings (SSSR count). The fourth-order valence-corrected chi connectivity index (χ4v) is 3.36. The quantitative estimate of drug-likeness (QED) is 0.472. The third-order valence-electron chi connectivity index (χ3n) is 3.88. The van der Waals surface area contributed by atoms with Crippen LogP contribution in [0.4, 0.5) is 0 Å². The van der Waals surface area contributed by atoms with Crippen molar-refractivity contribution in [3.8, 4) is 17.0 Å². The summed E-state index contributed by atoms with van der Waals surface area (Å²) in [6, 6.07) is 11.8. The number of hydrogen-bond acceptors (Lipinski definition) is 5. The molecule has 0 unspecified atom stereocenters. The first-order valence-electron chi connectivity index (χ1n) is 8.55. The zero-order valence-electron chi connectivity index (χ0n) is 15.7. The lowest BCUT2D eigenvalue weighted by atomic mass is 10.1. The van der Waals surface area contributed by atoms with Crippen molar-refractivity contribution in [2.75, 3.05) is 13.7 Å². The highest BCUT2D eigenvalue weighted by atomic mass is 32.1. The van der Waals surface area contributed by atoms with Crippen LogP contribution in [0.5, 0.6) is 5.75 Å². The molecule has 0 aliphatic rings. The Morgan fingerprint density at radius 3 is 2.74 bits per heavy atom. The Hall–Kier alpha value is -2.99. The van der Waals surface area contributed by atoms with E-state index in [2.05, 4.69) is 21.9 Å². The third kappa shape index (κ3) is 4.41. The molecule has 0 N–H and O–H groups in total. The predicted molar refractivity (Wildman–Crippen MR) is 111 cm³/mol. The first kappa shape index (κ1) is 18.8. The van der Waals surface area contributed by atoms with E-state index in [0.717, 1.165) is 38.7 Å². The van der Waals surface area contributed by atoms with E-state index in [0.29, 0.717) is 6.54 Å². The summed E-state index contributed by atoms with van der Waals surface area (Å²) >= 11 is 1.55. The minimum Gasteiger partial charge on any atom is -0.496 e. The molecule has 3 aromatic rings. The van der Waals surface area contributed by atoms with Gasteiger partial charge in [-0.2, -0.15) is 5.10 Å². The molecular formula is C21H22N4OS. The third-order valence-corrected chi connectivity index (χ3v) is 4.74. The first-order chi connectivity index (χ1) is 13.1. The summed E-state index contributed by atoms with van der Waals surface area (Å²) in [7, 11) is 1.67. The van der Waals surface area contributed by atoms with Crippen molar-refractivity contribution < 1.29 is 4.74 Å². The maximum atomic E-state index is 5.54. The van der Waals surface area contributed by atoms with E-state index in [4.69, 9.17) is 9.84 Å². The van der Waals surface area contributed by atoms with E-state index < -0.39 is 0 Å². The number of thiazole rings is 1. The Kier molecular flexibility index (Phi) is 5.98. The van der Waals surface area contributed by atoms with Crippen LogP contribution in [0.1, 0.15) is 19.4 Å². The van der Waals surface area contributed by atoms with E-state index in [1.165, 1.54) is 0 Å². The summed E-state index contributed by atoms with van der Waals surface area (Å²) in [6.45, 7) is 8.43. The molecule has 5 nitrogen and oxygen atoms in total. The van der Waals surface area contributed by atoms with Crippen LogP contribution < -0.4 is 9.54 Å². The maximum absolute atomic E-state index is 5.54. The minimum atomic E-state index is 0.563. The van der Waals surface area contributed by atoms with Crippen LogP contribution in [0.25, 0.3) is 11.3 Å². The number of rotatable bonds is 6. The second-order valence-corrected chi connectivity index (χ2v) is 6.95. The Morgan fingerprint density at radius 2 is 2.04 bits per heavy atom. The number of aromatic nitrogens is 2. The van der Waals surface area contributed by atoms with E-state index in [9.17, 15) is 0 Å². The van der Waals surface area contributed by atoms with Gasteiger partial charge in [-0.05, 0) is 32.0 Å². The van der Waals surface area contributed by atoms with Crippen molar-refractivity contribution in [2.24, 2.45) is 10.1 Å². The van der Waals surface area contributed by atoms with Gasteiger partial charge in [0.2, 0.25) is 4.80 Å². The number of benzene rings is 1. The smallest absolute Gasteiger partial charge is 0.206 e. The van der Waals surface area contributed by atoms with E-state index >= 15 is 0 Å². The van der Waals surface area contributed by atoms with E-state index in [-0.39, 0.29) is 0 Å². The van der Waals surface area contributed by atoms with Crippen LogP contribution in [0.15, 0.2) is 76.4 Å². The minimum absolute atomic E-state index is 0.563. The summed E-state index contributed by atoms with van der Waals surface area (Å²) < 4.78 is 7.41. The fourth-order valence-electron chi connectivity index (χ4n) is 2.53. The lowest BCUT2D eigenvalue weighted by Crippen LogP contribution is -2.15. The molecule has 0 saturated heterocycles. The van der Waals surface area contributed by atoms with Crippen LogP contribution in [-0.2, 0) is 0 Å². The maximum Gasteiger partial charge on any atom is 0.206 e. The van der Waals surface area contributed by atoms with Crippen molar-refractivity contribution in [3.63, 3.8) is 0 Å². The van der Waals surface area contributed by atoms with Gasteiger partial charge in [-0.25, -0.2) is 4.68 Å². The number of nitrogens with zero attached hydrogens (tertiary/aromatic N) is 4. The van der Waals surface area contributed by atoms with E-state index in [1.54, 1.807) is 30.8 Å². The van der Waals surface area contributed by atoms with Crippen LogP contribution in [-0.4, -0.2) is 29.0 Å². The van der Waals surface area contributed by atoms with Crippen molar-refractivity contribution in [1.29, 1.82) is 0 Å². The van der Waals surface area contributed by atoms with Gasteiger partial charge < -0.3 is 4.74 Å². The topological polar surface area (TPSA) is 51.8 Å². The summed E-state index contributed by atoms with van der Waals surface area (Å²) in [4.78, 5) is 9.66. The Balaban J connectivity index is 2.18. The molecule has 0 fully saturated rings. The van der Waals surface area contributed by atoms with Gasteiger partial charge in [0.15, 0.2) is 0 Å². The lowest BCUT2D eigenvalue weighted by molar-refractivity contribution is 0.416. The van der Waals surface area contributed by atoms with Gasteiger partial charge in [-0.3, -0.25) is 9.98 Å². The predicted octanol–water partition coefficient (Wildman–Crippen LogP) is 4.37. The normalized spacial score (nSPS) is 12.3. The second kappa shape index (κ2) is 8.60. The van der Waals surface area contributed by atoms with Gasteiger partial charge in [-0.1, -0.05) is 30.4 Å². The molecule has 0 radical (unpaired) electrons. The summed E-state index contributed by atoms with van der Waals surface area (Å²) in [5.41, 5.74) is 4.72. The zero-order valence-corrected chi connectivity index (χ0v) is 16.5. The Labute approximate surface area is 163 Å². The van der Waals surface area contributed by atoms with Gasteiger partial charge in [0.25, 0.3) is 0 Å². The summed E-state index contributed by atoms with van der Waals surface area (Å²) in [5.74, 6) is 0.796. The van der Waals surface area contributed by atoms with Crippen molar-refractivity contribution in [3.05, 3.63) is 76.7 Å². The molecule has 2 aromatic heterocycles. The van der Waals surface area contributed by atoms with E-state index in [1.807, 2.05) is 54.9 Å². The molecule has 0 amide bonds. The molecule has 6 heteroatoms. The van der Waals surface area contributed by atoms with Crippen molar-refractivity contribution in [1.82, 2.24) is 9.66 Å². The molecule has 0 bridgehead atoms. The monoisotopic (exact) mass is 378 g/mol. The van der Waals surface area contributed by atoms with Gasteiger partial charge in [-0.15, -0.1) is 11.3 Å². The highest BCUT2D eigenvalue weighted by molar-refractivity contribution is 7.07. The highest BCUT2D eigenvalue weighted by Gasteiger charge is 2.12. The molecule has 1 aromatic carbocycles. The molecule has 0 aliphatic heterocycles. The number of methoxy groups -OCH3 is 1. The molecule has 0 saturated carbocycles. The number of para-hydroxylation sites is 1. The summed E-state index contributed by atoms with van der Waals surface area (Å²) in [5, 5.41) is 6.89. The van der Waals surface area contributed by atoms with Gasteiger partial charge >= 0.3 is 0 Å². The molecule has 2 heterocycles. The largest absolute Gasteiger partial charge is 0.496 e. The van der Waals surface area contributed by atoms with Crippen LogP contribution in [0.3, 0.4) is 0 Å². The second-order valence-electron chi connectivity index (χ2n) is 6.12.